The molecule has 3 N–H and O–H groups in total. The first-order chi connectivity index (χ1) is 11.1. The lowest BCUT2D eigenvalue weighted by Crippen LogP contribution is -2.31. The van der Waals surface area contributed by atoms with Gasteiger partial charge in [-0.3, -0.25) is 4.79 Å². The van der Waals surface area contributed by atoms with Crippen LogP contribution in [0.25, 0.3) is 0 Å². The highest BCUT2D eigenvalue weighted by atomic mass is 16.2. The van der Waals surface area contributed by atoms with Crippen LogP contribution < -0.4 is 16.0 Å². The van der Waals surface area contributed by atoms with Crippen molar-refractivity contribution in [3.05, 3.63) is 60.2 Å². The smallest absolute Gasteiger partial charge is 0.323 e. The Labute approximate surface area is 136 Å². The van der Waals surface area contributed by atoms with E-state index >= 15 is 0 Å². The minimum atomic E-state index is -0.326. The second-order valence-electron chi connectivity index (χ2n) is 5.31. The third-order valence-electron chi connectivity index (χ3n) is 3.43. The van der Waals surface area contributed by atoms with Crippen molar-refractivity contribution in [3.63, 3.8) is 0 Å². The molecule has 0 saturated carbocycles. The number of nitrogens with one attached hydrogen (secondary N) is 3. The molecule has 0 radical (unpaired) electrons. The number of hydrogen-bond acceptors (Lipinski definition) is 2. The quantitative estimate of drug-likeness (QED) is 0.784. The van der Waals surface area contributed by atoms with Gasteiger partial charge in [0.15, 0.2) is 0 Å². The predicted octanol–water partition coefficient (Wildman–Crippen LogP) is 3.86. The molecule has 0 heterocycles. The summed E-state index contributed by atoms with van der Waals surface area (Å²) >= 11 is 0. The molecule has 0 aliphatic carbocycles. The summed E-state index contributed by atoms with van der Waals surface area (Å²) in [6.07, 6.45) is 0.880. The molecule has 5 heteroatoms. The molecule has 0 aliphatic heterocycles. The largest absolute Gasteiger partial charge is 0.350 e. The number of para-hydroxylation sites is 1. The predicted molar refractivity (Wildman–Crippen MR) is 92.7 cm³/mol. The zero-order valence-electron chi connectivity index (χ0n) is 13.3. The molecule has 2 rings (SSSR count). The zero-order chi connectivity index (χ0) is 16.7. The summed E-state index contributed by atoms with van der Waals surface area (Å²) in [4.78, 5) is 23.9. The first-order valence-corrected chi connectivity index (χ1v) is 7.62. The van der Waals surface area contributed by atoms with Crippen LogP contribution in [0.3, 0.4) is 0 Å². The normalized spacial score (nSPS) is 11.4. The van der Waals surface area contributed by atoms with Crippen LogP contribution in [0.1, 0.15) is 30.6 Å². The Balaban J connectivity index is 1.92. The number of carbonyl (C=O) groups excluding carboxylic acids is 2. The van der Waals surface area contributed by atoms with Crippen molar-refractivity contribution in [2.45, 2.75) is 26.3 Å². The van der Waals surface area contributed by atoms with E-state index in [2.05, 4.69) is 16.0 Å². The van der Waals surface area contributed by atoms with Gasteiger partial charge >= 0.3 is 6.03 Å². The maximum Gasteiger partial charge on any atom is 0.323 e. The fourth-order valence-electron chi connectivity index (χ4n) is 1.93. The lowest BCUT2D eigenvalue weighted by atomic mass is 10.1. The molecule has 2 aromatic carbocycles. The Morgan fingerprint density at radius 3 is 2.04 bits per heavy atom. The van der Waals surface area contributed by atoms with Crippen molar-refractivity contribution in [3.8, 4) is 0 Å². The molecule has 23 heavy (non-hydrogen) atoms. The van der Waals surface area contributed by atoms with E-state index in [-0.39, 0.29) is 18.0 Å². The van der Waals surface area contributed by atoms with Crippen molar-refractivity contribution >= 4 is 23.3 Å². The van der Waals surface area contributed by atoms with Crippen LogP contribution in [0.2, 0.25) is 0 Å². The molecule has 2 aromatic rings. The monoisotopic (exact) mass is 311 g/mol. The van der Waals surface area contributed by atoms with E-state index in [9.17, 15) is 9.59 Å². The van der Waals surface area contributed by atoms with E-state index in [4.69, 9.17) is 0 Å². The number of amides is 3. The number of anilines is 2. The minimum absolute atomic E-state index is 0.111. The van der Waals surface area contributed by atoms with Gasteiger partial charge in [-0.1, -0.05) is 25.1 Å². The zero-order valence-corrected chi connectivity index (χ0v) is 13.3. The number of rotatable bonds is 5. The van der Waals surface area contributed by atoms with Crippen LogP contribution in [-0.4, -0.2) is 18.0 Å². The van der Waals surface area contributed by atoms with Crippen molar-refractivity contribution < 1.29 is 9.59 Å². The Morgan fingerprint density at radius 1 is 0.913 bits per heavy atom. The number of hydrogen-bond donors (Lipinski definition) is 3. The van der Waals surface area contributed by atoms with Crippen LogP contribution in [0.4, 0.5) is 16.2 Å². The average Bonchev–Trinajstić information content (AvgIpc) is 2.56. The second-order valence-corrected chi connectivity index (χ2v) is 5.31. The van der Waals surface area contributed by atoms with E-state index < -0.39 is 0 Å². The Kier molecular flexibility index (Phi) is 5.74. The van der Waals surface area contributed by atoms with Gasteiger partial charge < -0.3 is 16.0 Å². The van der Waals surface area contributed by atoms with Crippen LogP contribution in [-0.2, 0) is 0 Å². The summed E-state index contributed by atoms with van der Waals surface area (Å²) in [7, 11) is 0. The number of carbonyl (C=O) groups is 2. The Hall–Kier alpha value is -2.82. The van der Waals surface area contributed by atoms with Gasteiger partial charge in [-0.2, -0.15) is 0 Å². The van der Waals surface area contributed by atoms with Crippen LogP contribution in [0.5, 0.6) is 0 Å². The summed E-state index contributed by atoms with van der Waals surface area (Å²) in [5.41, 5.74) is 1.91. The average molecular weight is 311 g/mol. The standard InChI is InChI=1S/C18H21N3O2/c1-3-13(2)19-17(22)14-9-11-16(12-10-14)21-18(23)20-15-7-5-4-6-8-15/h4-13H,3H2,1-2H3,(H,19,22)(H2,20,21,23)/t13-/m1/s1. The summed E-state index contributed by atoms with van der Waals surface area (Å²) in [5.74, 6) is -0.111. The Morgan fingerprint density at radius 2 is 1.48 bits per heavy atom. The maximum absolute atomic E-state index is 12.0. The highest BCUT2D eigenvalue weighted by molar-refractivity contribution is 6.00. The summed E-state index contributed by atoms with van der Waals surface area (Å²) in [6.45, 7) is 3.98. The molecule has 1 atom stereocenters. The summed E-state index contributed by atoms with van der Waals surface area (Å²) in [6, 6.07) is 15.8. The molecular weight excluding hydrogens is 290 g/mol. The molecule has 0 aliphatic rings. The van der Waals surface area contributed by atoms with E-state index in [0.29, 0.717) is 11.3 Å². The highest BCUT2D eigenvalue weighted by Gasteiger charge is 2.09. The van der Waals surface area contributed by atoms with Gasteiger partial charge in [-0.15, -0.1) is 0 Å². The molecule has 5 nitrogen and oxygen atoms in total. The maximum atomic E-state index is 12.0. The molecule has 3 amide bonds. The number of benzene rings is 2. The topological polar surface area (TPSA) is 70.2 Å². The fraction of sp³-hybridized carbons (Fsp3) is 0.222. The Bertz CT molecular complexity index is 654. The van der Waals surface area contributed by atoms with E-state index in [1.807, 2.05) is 44.2 Å². The summed E-state index contributed by atoms with van der Waals surface area (Å²) in [5, 5.41) is 8.36. The third kappa shape index (κ3) is 5.14. The van der Waals surface area contributed by atoms with Gasteiger partial charge in [0.25, 0.3) is 5.91 Å². The molecule has 0 fully saturated rings. The molecule has 0 saturated heterocycles. The van der Waals surface area contributed by atoms with Crippen molar-refractivity contribution in [1.82, 2.24) is 5.32 Å². The lowest BCUT2D eigenvalue weighted by molar-refractivity contribution is 0.0939. The van der Waals surface area contributed by atoms with Gasteiger partial charge in [0.2, 0.25) is 0 Å². The summed E-state index contributed by atoms with van der Waals surface area (Å²) < 4.78 is 0. The van der Waals surface area contributed by atoms with Crippen LogP contribution in [0.15, 0.2) is 54.6 Å². The fourth-order valence-corrected chi connectivity index (χ4v) is 1.93. The second kappa shape index (κ2) is 7.98. The SMILES string of the molecule is CC[C@@H](C)NC(=O)c1ccc(NC(=O)Nc2ccccc2)cc1. The molecule has 0 spiro atoms. The molecular formula is C18H21N3O2. The van der Waals surface area contributed by atoms with Crippen molar-refractivity contribution in [2.75, 3.05) is 10.6 Å². The van der Waals surface area contributed by atoms with Crippen molar-refractivity contribution in [1.29, 1.82) is 0 Å². The first-order valence-electron chi connectivity index (χ1n) is 7.62. The molecule has 0 aromatic heterocycles. The minimum Gasteiger partial charge on any atom is -0.350 e. The highest BCUT2D eigenvalue weighted by Crippen LogP contribution is 2.11. The number of urea groups is 1. The van der Waals surface area contributed by atoms with Gasteiger partial charge in [0.1, 0.15) is 0 Å². The lowest BCUT2D eigenvalue weighted by Gasteiger charge is -2.12. The first kappa shape index (κ1) is 16.5. The van der Waals surface area contributed by atoms with Crippen molar-refractivity contribution in [2.24, 2.45) is 0 Å². The molecule has 0 unspecified atom stereocenters. The molecule has 120 valence electrons. The van der Waals surface area contributed by atoms with Crippen LogP contribution in [0, 0.1) is 0 Å². The van der Waals surface area contributed by atoms with E-state index in [0.717, 1.165) is 12.1 Å². The van der Waals surface area contributed by atoms with E-state index in [1.54, 1.807) is 24.3 Å². The third-order valence-corrected chi connectivity index (χ3v) is 3.43. The van der Waals surface area contributed by atoms with E-state index in [1.165, 1.54) is 0 Å². The van der Waals surface area contributed by atoms with Gasteiger partial charge in [0, 0.05) is 23.0 Å². The van der Waals surface area contributed by atoms with Gasteiger partial charge in [0.05, 0.1) is 0 Å². The van der Waals surface area contributed by atoms with Gasteiger partial charge in [-0.25, -0.2) is 4.79 Å². The molecule has 0 bridgehead atoms. The van der Waals surface area contributed by atoms with Gasteiger partial charge in [-0.05, 0) is 49.7 Å². The van der Waals surface area contributed by atoms with Crippen LogP contribution >= 0.6 is 0 Å².